The Hall–Kier alpha value is -0.710. The summed E-state index contributed by atoms with van der Waals surface area (Å²) in [6.07, 6.45) is 3.09. The van der Waals surface area contributed by atoms with Gasteiger partial charge in [0.1, 0.15) is 5.78 Å². The molecule has 0 amide bonds. The molecule has 1 N–H and O–H groups in total. The Morgan fingerprint density at radius 1 is 1.22 bits per heavy atom. The van der Waals surface area contributed by atoms with Gasteiger partial charge in [0.05, 0.1) is 13.2 Å². The minimum atomic E-state index is 0.333. The normalized spacial score (nSPS) is 15.4. The second-order valence-electron chi connectivity index (χ2n) is 5.91. The molecule has 0 aromatic rings. The number of Topliss-reactive ketones (excluding diaryl/α,β-unsaturated/α-hetero) is 1. The summed E-state index contributed by atoms with van der Waals surface area (Å²) in [7, 11) is 0. The highest BCUT2D eigenvalue weighted by Crippen LogP contribution is 2.20. The Balaban J connectivity index is 0. The van der Waals surface area contributed by atoms with Gasteiger partial charge in [0.2, 0.25) is 0 Å². The van der Waals surface area contributed by atoms with E-state index in [1.165, 1.54) is 0 Å². The van der Waals surface area contributed by atoms with Crippen molar-refractivity contribution in [1.29, 1.82) is 0 Å². The minimum Gasteiger partial charge on any atom is -0.379 e. The third-order valence-corrected chi connectivity index (χ3v) is 3.63. The fourth-order valence-electron chi connectivity index (χ4n) is 2.54. The molecular formula is C19H40N2O2. The zero-order valence-corrected chi connectivity index (χ0v) is 16.2. The number of nitrogens with one attached hydrogen (secondary N) is 1. The monoisotopic (exact) mass is 328 g/mol. The maximum absolute atomic E-state index is 11.1. The number of carbonyl (C=O) groups excluding carboxylic acids is 1. The van der Waals surface area contributed by atoms with Crippen LogP contribution in [0.15, 0.2) is 13.2 Å². The van der Waals surface area contributed by atoms with Crippen LogP contribution in [0.5, 0.6) is 0 Å². The van der Waals surface area contributed by atoms with E-state index in [9.17, 15) is 4.79 Å². The zero-order chi connectivity index (χ0) is 18.1. The summed E-state index contributed by atoms with van der Waals surface area (Å²) >= 11 is 0. The van der Waals surface area contributed by atoms with Gasteiger partial charge >= 0.3 is 0 Å². The Kier molecular flexibility index (Phi) is 18.8. The van der Waals surface area contributed by atoms with Crippen LogP contribution in [0, 0.1) is 5.92 Å². The highest BCUT2D eigenvalue weighted by atomic mass is 16.5. The van der Waals surface area contributed by atoms with Gasteiger partial charge in [0.25, 0.3) is 0 Å². The van der Waals surface area contributed by atoms with Gasteiger partial charge in [-0.15, -0.1) is 13.2 Å². The summed E-state index contributed by atoms with van der Waals surface area (Å²) in [5.41, 5.74) is 0. The molecule has 4 heteroatoms. The molecule has 0 saturated carbocycles. The molecule has 0 aromatic heterocycles. The smallest absolute Gasteiger partial charge is 0.130 e. The van der Waals surface area contributed by atoms with E-state index in [-0.39, 0.29) is 0 Å². The van der Waals surface area contributed by atoms with Gasteiger partial charge in [0.15, 0.2) is 0 Å². The second-order valence-corrected chi connectivity index (χ2v) is 5.91. The maximum Gasteiger partial charge on any atom is 0.130 e. The molecule has 1 heterocycles. The van der Waals surface area contributed by atoms with Gasteiger partial charge in [-0.05, 0) is 38.8 Å². The Morgan fingerprint density at radius 2 is 1.78 bits per heavy atom. The van der Waals surface area contributed by atoms with Crippen LogP contribution in [-0.4, -0.2) is 56.1 Å². The number of hydrogen-bond donors (Lipinski definition) is 1. The summed E-state index contributed by atoms with van der Waals surface area (Å²) in [6, 6.07) is 0.531. The third-order valence-electron chi connectivity index (χ3n) is 3.63. The van der Waals surface area contributed by atoms with Gasteiger partial charge in [-0.1, -0.05) is 27.7 Å². The number of carbonyl (C=O) groups is 1. The van der Waals surface area contributed by atoms with Gasteiger partial charge < -0.3 is 19.7 Å². The summed E-state index contributed by atoms with van der Waals surface area (Å²) in [6.45, 7) is 21.8. The van der Waals surface area contributed by atoms with Crippen molar-refractivity contribution in [3.8, 4) is 0 Å². The quantitative estimate of drug-likeness (QED) is 0.519. The molecule has 1 aliphatic rings. The zero-order valence-electron chi connectivity index (χ0n) is 16.2. The van der Waals surface area contributed by atoms with Crippen molar-refractivity contribution < 1.29 is 9.53 Å². The van der Waals surface area contributed by atoms with E-state index in [4.69, 9.17) is 4.74 Å². The number of nitrogens with zero attached hydrogens (tertiary/aromatic N) is 1. The number of piperidine rings is 1. The molecule has 138 valence electrons. The molecule has 1 saturated heterocycles. The van der Waals surface area contributed by atoms with Crippen LogP contribution in [0.25, 0.3) is 0 Å². The molecule has 0 aliphatic carbocycles. The average Bonchev–Trinajstić information content (AvgIpc) is 2.55. The van der Waals surface area contributed by atoms with Crippen molar-refractivity contribution in [3.05, 3.63) is 13.2 Å². The Labute approximate surface area is 144 Å². The van der Waals surface area contributed by atoms with Crippen LogP contribution in [0.4, 0.5) is 0 Å². The van der Waals surface area contributed by atoms with E-state index in [1.807, 2.05) is 13.8 Å². The molecular weight excluding hydrogens is 288 g/mol. The van der Waals surface area contributed by atoms with Crippen LogP contribution in [-0.2, 0) is 9.53 Å². The fraction of sp³-hybridized carbons (Fsp3) is 0.842. The minimum absolute atomic E-state index is 0.333. The Morgan fingerprint density at radius 3 is 2.26 bits per heavy atom. The van der Waals surface area contributed by atoms with Crippen LogP contribution in [0.3, 0.4) is 0 Å². The summed E-state index contributed by atoms with van der Waals surface area (Å²) in [5.74, 6) is 0.948. The van der Waals surface area contributed by atoms with E-state index in [0.717, 1.165) is 58.7 Å². The van der Waals surface area contributed by atoms with Crippen molar-refractivity contribution in [3.63, 3.8) is 0 Å². The molecule has 1 fully saturated rings. The first-order valence-corrected chi connectivity index (χ1v) is 9.11. The lowest BCUT2D eigenvalue weighted by atomic mass is 9.92. The lowest BCUT2D eigenvalue weighted by Gasteiger charge is -2.31. The van der Waals surface area contributed by atoms with Crippen molar-refractivity contribution in [2.75, 3.05) is 39.4 Å². The number of likely N-dealkylation sites (tertiary alicyclic amines) is 1. The maximum atomic E-state index is 11.1. The standard InChI is InChI=1S/C15H30N2O2.C2H6.C2H4/c1-13(2)16-6-10-19-11-9-17-7-4-15(5-8-17)12-14(3)18;2*1-2/h13,15-16H,4-12H2,1-3H3;1-2H3;1-2H2. The lowest BCUT2D eigenvalue weighted by Crippen LogP contribution is -2.36. The van der Waals surface area contributed by atoms with Gasteiger partial charge in [-0.25, -0.2) is 0 Å². The summed E-state index contributed by atoms with van der Waals surface area (Å²) in [5, 5.41) is 3.34. The number of hydrogen-bond acceptors (Lipinski definition) is 4. The highest BCUT2D eigenvalue weighted by molar-refractivity contribution is 5.75. The van der Waals surface area contributed by atoms with Crippen molar-refractivity contribution in [2.45, 2.75) is 59.9 Å². The Bertz CT molecular complexity index is 262. The van der Waals surface area contributed by atoms with Gasteiger partial charge in [0, 0.05) is 25.6 Å². The molecule has 1 aliphatic heterocycles. The molecule has 0 radical (unpaired) electrons. The highest BCUT2D eigenvalue weighted by Gasteiger charge is 2.19. The molecule has 23 heavy (non-hydrogen) atoms. The number of ether oxygens (including phenoxy) is 1. The van der Waals surface area contributed by atoms with Crippen LogP contribution in [0.1, 0.15) is 53.9 Å². The van der Waals surface area contributed by atoms with E-state index in [1.54, 1.807) is 6.92 Å². The van der Waals surface area contributed by atoms with E-state index >= 15 is 0 Å². The van der Waals surface area contributed by atoms with Crippen LogP contribution in [0.2, 0.25) is 0 Å². The first-order chi connectivity index (χ1) is 11.1. The first-order valence-electron chi connectivity index (χ1n) is 9.11. The van der Waals surface area contributed by atoms with E-state index in [0.29, 0.717) is 17.7 Å². The summed E-state index contributed by atoms with van der Waals surface area (Å²) < 4.78 is 5.62. The van der Waals surface area contributed by atoms with Gasteiger partial charge in [-0.3, -0.25) is 0 Å². The van der Waals surface area contributed by atoms with E-state index < -0.39 is 0 Å². The molecule has 0 unspecified atom stereocenters. The largest absolute Gasteiger partial charge is 0.379 e. The fourth-order valence-corrected chi connectivity index (χ4v) is 2.54. The first kappa shape index (κ1) is 24.5. The van der Waals surface area contributed by atoms with E-state index in [2.05, 4.69) is 37.2 Å². The van der Waals surface area contributed by atoms with Crippen LogP contribution >= 0.6 is 0 Å². The average molecular weight is 329 g/mol. The molecule has 0 bridgehead atoms. The second kappa shape index (κ2) is 17.6. The number of ketones is 1. The third kappa shape index (κ3) is 15.9. The SMILES string of the molecule is C=C.CC.CC(=O)CC1CCN(CCOCCNC(C)C)CC1. The van der Waals surface area contributed by atoms with Gasteiger partial charge in [-0.2, -0.15) is 0 Å². The van der Waals surface area contributed by atoms with Crippen LogP contribution < -0.4 is 5.32 Å². The molecule has 0 aromatic carbocycles. The van der Waals surface area contributed by atoms with Crippen molar-refractivity contribution >= 4 is 5.78 Å². The van der Waals surface area contributed by atoms with Crippen molar-refractivity contribution in [1.82, 2.24) is 10.2 Å². The topological polar surface area (TPSA) is 41.6 Å². The summed E-state index contributed by atoms with van der Waals surface area (Å²) in [4.78, 5) is 13.5. The predicted molar refractivity (Wildman–Crippen MR) is 101 cm³/mol. The predicted octanol–water partition coefficient (Wildman–Crippen LogP) is 3.52. The number of rotatable bonds is 9. The lowest BCUT2D eigenvalue weighted by molar-refractivity contribution is -0.118. The molecule has 1 rings (SSSR count). The molecule has 0 atom stereocenters. The molecule has 4 nitrogen and oxygen atoms in total. The van der Waals surface area contributed by atoms with Crippen molar-refractivity contribution in [2.24, 2.45) is 5.92 Å². The molecule has 0 spiro atoms.